The van der Waals surface area contributed by atoms with Crippen molar-refractivity contribution >= 4 is 34.9 Å². The number of aromatic nitrogens is 3. The number of hydrogen-bond acceptors (Lipinski definition) is 5. The van der Waals surface area contributed by atoms with Gasteiger partial charge < -0.3 is 4.42 Å². The molecule has 30 heavy (non-hydrogen) atoms. The van der Waals surface area contributed by atoms with Crippen molar-refractivity contribution in [2.45, 2.75) is 12.5 Å². The van der Waals surface area contributed by atoms with Gasteiger partial charge >= 0.3 is 11.7 Å². The van der Waals surface area contributed by atoms with Crippen LogP contribution in [-0.2, 0) is 6.42 Å². The van der Waals surface area contributed by atoms with Crippen molar-refractivity contribution in [1.29, 1.82) is 0 Å². The molecular weight excluding hydrogens is 423 g/mol. The van der Waals surface area contributed by atoms with E-state index in [1.807, 2.05) is 36.4 Å². The van der Waals surface area contributed by atoms with E-state index in [4.69, 9.17) is 32.6 Å². The molecule has 8 heteroatoms. The fraction of sp³-hybridized carbons (Fsp3) is 0.0909. The number of nitrogens with zero attached hydrogens (tertiary/aromatic N) is 3. The van der Waals surface area contributed by atoms with Gasteiger partial charge in [-0.2, -0.15) is 4.57 Å². The molecule has 1 aliphatic heterocycles. The number of carbonyl (C=O) groups excluding carboxylic acids is 1. The highest BCUT2D eigenvalue weighted by molar-refractivity contribution is 6.32. The molecule has 6 nitrogen and oxygen atoms in total. The van der Waals surface area contributed by atoms with Gasteiger partial charge in [0.1, 0.15) is 28.0 Å². The minimum absolute atomic E-state index is 0.0894. The van der Waals surface area contributed by atoms with E-state index < -0.39 is 6.04 Å². The molecule has 148 valence electrons. The average Bonchev–Trinajstić information content (AvgIpc) is 3.36. The number of halogens is 2. The molecule has 3 aromatic heterocycles. The molecule has 0 spiro atoms. The zero-order valence-electron chi connectivity index (χ0n) is 15.5. The molecule has 0 saturated heterocycles. The van der Waals surface area contributed by atoms with Gasteiger partial charge in [-0.15, -0.1) is 0 Å². The summed E-state index contributed by atoms with van der Waals surface area (Å²) in [6, 6.07) is 16.2. The highest BCUT2D eigenvalue weighted by Crippen LogP contribution is 2.32. The van der Waals surface area contributed by atoms with Crippen LogP contribution in [0.3, 0.4) is 0 Å². The summed E-state index contributed by atoms with van der Waals surface area (Å²) < 4.78 is 7.02. The third-order valence-corrected chi connectivity index (χ3v) is 5.27. The predicted molar refractivity (Wildman–Crippen MR) is 114 cm³/mol. The minimum Gasteiger partial charge on any atom is -0.469 e. The van der Waals surface area contributed by atoms with Crippen molar-refractivity contribution in [3.8, 4) is 22.5 Å². The topological polar surface area (TPSA) is 71.9 Å². The van der Waals surface area contributed by atoms with Gasteiger partial charge in [-0.3, -0.25) is 5.32 Å². The van der Waals surface area contributed by atoms with Crippen LogP contribution >= 0.6 is 23.2 Å². The summed E-state index contributed by atoms with van der Waals surface area (Å²) in [5.74, 6) is 1.21. The highest BCUT2D eigenvalue weighted by Gasteiger charge is 2.42. The first-order chi connectivity index (χ1) is 14.6. The Kier molecular flexibility index (Phi) is 4.73. The Morgan fingerprint density at radius 1 is 1.00 bits per heavy atom. The van der Waals surface area contributed by atoms with Crippen molar-refractivity contribution in [2.75, 3.05) is 5.32 Å². The van der Waals surface area contributed by atoms with Crippen molar-refractivity contribution in [2.24, 2.45) is 0 Å². The third kappa shape index (κ3) is 3.44. The number of nitrogens with one attached hydrogen (secondary N) is 1. The van der Waals surface area contributed by atoms with E-state index in [-0.39, 0.29) is 16.2 Å². The average molecular weight is 438 g/mol. The minimum atomic E-state index is -0.476. The summed E-state index contributed by atoms with van der Waals surface area (Å²) >= 11 is 12.3. The Morgan fingerprint density at radius 2 is 1.77 bits per heavy atom. The van der Waals surface area contributed by atoms with E-state index in [1.165, 1.54) is 0 Å². The smallest absolute Gasteiger partial charge is 0.359 e. The first kappa shape index (κ1) is 18.8. The van der Waals surface area contributed by atoms with E-state index >= 15 is 0 Å². The number of furan rings is 1. The van der Waals surface area contributed by atoms with Crippen LogP contribution in [0.1, 0.15) is 10.6 Å². The van der Waals surface area contributed by atoms with Crippen LogP contribution in [0.25, 0.3) is 22.5 Å². The number of hydrogen-bond donors (Lipinski definition) is 1. The maximum Gasteiger partial charge on any atom is 0.359 e. The molecule has 1 N–H and O–H groups in total. The van der Waals surface area contributed by atoms with Crippen LogP contribution in [0.2, 0.25) is 10.3 Å². The lowest BCUT2D eigenvalue weighted by Crippen LogP contribution is -2.43. The standard InChI is InChI=1S/C22H14Cl2N4O2/c23-18-9-14(10-19(24)27-18)20-21-26-16(11-15-7-4-8-30-15)22(29)28(21)12-17(25-20)13-5-2-1-3-6-13/h1-10,12,16H,11H2/p+1. The monoisotopic (exact) mass is 437 g/mol. The molecule has 4 aromatic rings. The Bertz CT molecular complexity index is 1220. The van der Waals surface area contributed by atoms with Crippen LogP contribution in [0.5, 0.6) is 0 Å². The zero-order chi connectivity index (χ0) is 20.7. The fourth-order valence-corrected chi connectivity index (χ4v) is 3.99. The molecule has 0 fully saturated rings. The van der Waals surface area contributed by atoms with Gasteiger partial charge in [-0.1, -0.05) is 53.5 Å². The number of rotatable bonds is 4. The Hall–Kier alpha value is -3.22. The Balaban J connectivity index is 1.66. The van der Waals surface area contributed by atoms with Crippen LogP contribution in [-0.4, -0.2) is 21.9 Å². The second-order valence-corrected chi connectivity index (χ2v) is 7.65. The second-order valence-electron chi connectivity index (χ2n) is 6.88. The zero-order valence-corrected chi connectivity index (χ0v) is 17.1. The molecule has 0 amide bonds. The van der Waals surface area contributed by atoms with Crippen molar-refractivity contribution < 1.29 is 13.8 Å². The summed E-state index contributed by atoms with van der Waals surface area (Å²) in [6.45, 7) is 0. The largest absolute Gasteiger partial charge is 0.469 e. The molecule has 1 atom stereocenters. The summed E-state index contributed by atoms with van der Waals surface area (Å²) in [5.41, 5.74) is 2.79. The fourth-order valence-electron chi connectivity index (χ4n) is 3.53. The number of benzene rings is 1. The lowest BCUT2D eigenvalue weighted by atomic mass is 10.1. The van der Waals surface area contributed by atoms with Crippen molar-refractivity contribution in [3.05, 3.63) is 83.1 Å². The molecular formula is C22H15Cl2N4O2+. The SMILES string of the molecule is O=C1C(Cc2ccco2)Nc2c(-c3cc(Cl)nc(Cl)c3)nc(-c3ccccc3)c[n+]21. The van der Waals surface area contributed by atoms with Gasteiger partial charge in [0.15, 0.2) is 5.69 Å². The lowest BCUT2D eigenvalue weighted by Gasteiger charge is -2.07. The van der Waals surface area contributed by atoms with Crippen LogP contribution in [0.15, 0.2) is 71.5 Å². The number of fused-ring (bicyclic) bond motifs is 1. The van der Waals surface area contributed by atoms with Crippen molar-refractivity contribution in [3.63, 3.8) is 0 Å². The summed E-state index contributed by atoms with van der Waals surface area (Å²) in [7, 11) is 0. The van der Waals surface area contributed by atoms with Crippen LogP contribution in [0.4, 0.5) is 5.82 Å². The quantitative estimate of drug-likeness (QED) is 0.370. The van der Waals surface area contributed by atoms with Gasteiger partial charge in [-0.05, 0) is 24.3 Å². The molecule has 1 aromatic carbocycles. The van der Waals surface area contributed by atoms with E-state index in [0.717, 1.165) is 11.3 Å². The number of pyridine rings is 1. The van der Waals surface area contributed by atoms with E-state index in [0.29, 0.717) is 29.2 Å². The molecule has 4 heterocycles. The van der Waals surface area contributed by atoms with E-state index in [9.17, 15) is 4.79 Å². The summed E-state index contributed by atoms with van der Waals surface area (Å²) in [5, 5.41) is 3.79. The molecule has 0 aliphatic carbocycles. The molecule has 0 bridgehead atoms. The predicted octanol–water partition coefficient (Wildman–Crippen LogP) is 4.67. The van der Waals surface area contributed by atoms with E-state index in [1.54, 1.807) is 35.2 Å². The van der Waals surface area contributed by atoms with Gasteiger partial charge in [0.25, 0.3) is 0 Å². The maximum absolute atomic E-state index is 13.2. The number of anilines is 1. The molecule has 0 saturated carbocycles. The Labute approximate surface area is 182 Å². The first-order valence-corrected chi connectivity index (χ1v) is 10.0. The first-order valence-electron chi connectivity index (χ1n) is 9.27. The van der Waals surface area contributed by atoms with Crippen LogP contribution in [0, 0.1) is 0 Å². The molecule has 1 aliphatic rings. The molecule has 5 rings (SSSR count). The molecule has 0 radical (unpaired) electrons. The maximum atomic E-state index is 13.2. The van der Waals surface area contributed by atoms with Crippen molar-refractivity contribution in [1.82, 2.24) is 9.97 Å². The van der Waals surface area contributed by atoms with Gasteiger partial charge in [0, 0.05) is 11.1 Å². The normalized spacial score (nSPS) is 15.1. The van der Waals surface area contributed by atoms with Gasteiger partial charge in [-0.25, -0.2) is 14.8 Å². The second kappa shape index (κ2) is 7.55. The summed E-state index contributed by atoms with van der Waals surface area (Å²) in [6.07, 6.45) is 3.76. The third-order valence-electron chi connectivity index (χ3n) is 4.89. The highest BCUT2D eigenvalue weighted by atomic mass is 35.5. The lowest BCUT2D eigenvalue weighted by molar-refractivity contribution is -0.551. The van der Waals surface area contributed by atoms with Crippen LogP contribution < -0.4 is 9.88 Å². The number of carbonyl (C=O) groups is 1. The van der Waals surface area contributed by atoms with Gasteiger partial charge in [0.2, 0.25) is 6.04 Å². The Morgan fingerprint density at radius 3 is 2.47 bits per heavy atom. The van der Waals surface area contributed by atoms with E-state index in [2.05, 4.69) is 10.3 Å². The van der Waals surface area contributed by atoms with Gasteiger partial charge in [0.05, 0.1) is 12.7 Å². The molecule has 1 unspecified atom stereocenters. The summed E-state index contributed by atoms with van der Waals surface area (Å²) in [4.78, 5) is 22.0.